The third-order valence-corrected chi connectivity index (χ3v) is 11.9. The molecule has 1 saturated carbocycles. The normalized spacial score (nSPS) is 21.8. The number of fused-ring (bicyclic) bond motifs is 2. The Morgan fingerprint density at radius 3 is 2.30 bits per heavy atom. The third-order valence-electron chi connectivity index (χ3n) is 11.9. The van der Waals surface area contributed by atoms with E-state index in [1.54, 1.807) is 36.5 Å². The number of carboxylic acid groups (broad SMARTS) is 2. The number of carbonyl (C=O) groups excluding carboxylic acids is 4. The van der Waals surface area contributed by atoms with Gasteiger partial charge in [0, 0.05) is 54.0 Å². The standard InChI is InChI=1S/C44H54N10O7.CH2O2/c1-25-19-35(39(56)48-33-21-32-17-18-44(22-33,50-32)41(58)59)45-24-34(25)28-9-5-26(6-10-28)20-36(40(57)47-31-15-13-29(14-16-31)37-51-53-54-52-37)49-38(55)30-11-7-27(8-12-30)23-46-42(60)61-43(2,3)4;2-1-3/h5-6,9-10,13-16,19,24,27,30,32-33,36,50H,7-8,11-12,17-18,20-23H2,1-4H3,(H,46,60)(H,47,57)(H,48,56)(H,49,55)(H,58,59)(H,51,52,53,54);1H,(H,2,3)/t27-,30-,32-,33?,36-,44+;/m0./s1. The molecule has 64 heavy (non-hydrogen) atoms. The Balaban J connectivity index is 0.00000220. The maximum atomic E-state index is 13.9. The molecule has 1 unspecified atom stereocenters. The Bertz CT molecular complexity index is 2270. The van der Waals surface area contributed by atoms with E-state index >= 15 is 0 Å². The molecule has 340 valence electrons. The van der Waals surface area contributed by atoms with E-state index in [9.17, 15) is 29.1 Å². The highest BCUT2D eigenvalue weighted by atomic mass is 16.6. The monoisotopic (exact) mass is 880 g/mol. The highest BCUT2D eigenvalue weighted by Gasteiger charge is 2.50. The van der Waals surface area contributed by atoms with Gasteiger partial charge in [-0.2, -0.15) is 0 Å². The maximum Gasteiger partial charge on any atom is 0.407 e. The number of hydrogen-bond donors (Lipinski definition) is 8. The number of aromatic nitrogens is 5. The van der Waals surface area contributed by atoms with Crippen LogP contribution in [0.4, 0.5) is 10.5 Å². The quantitative estimate of drug-likeness (QED) is 0.0865. The van der Waals surface area contributed by atoms with Gasteiger partial charge in [0.2, 0.25) is 11.8 Å². The minimum Gasteiger partial charge on any atom is -0.483 e. The molecular weight excluding hydrogens is 825 g/mol. The highest BCUT2D eigenvalue weighted by molar-refractivity contribution is 5.98. The van der Waals surface area contributed by atoms with Crippen molar-refractivity contribution < 1.29 is 43.7 Å². The number of nitrogens with zero attached hydrogens (tertiary/aromatic N) is 4. The number of ether oxygens (including phenoxy) is 1. The van der Waals surface area contributed by atoms with Gasteiger partial charge >= 0.3 is 12.1 Å². The fourth-order valence-electron chi connectivity index (χ4n) is 8.70. The van der Waals surface area contributed by atoms with Gasteiger partial charge in [0.15, 0.2) is 5.82 Å². The molecule has 8 N–H and O–H groups in total. The lowest BCUT2D eigenvalue weighted by molar-refractivity contribution is -0.145. The zero-order chi connectivity index (χ0) is 46.0. The minimum absolute atomic E-state index is 0.0607. The van der Waals surface area contributed by atoms with Crippen molar-refractivity contribution in [2.75, 3.05) is 11.9 Å². The van der Waals surface area contributed by atoms with Crippen molar-refractivity contribution in [1.82, 2.24) is 46.9 Å². The number of pyridine rings is 1. The van der Waals surface area contributed by atoms with Crippen molar-refractivity contribution in [1.29, 1.82) is 0 Å². The van der Waals surface area contributed by atoms with Crippen LogP contribution in [0.5, 0.6) is 0 Å². The van der Waals surface area contributed by atoms with Crippen molar-refractivity contribution in [2.45, 2.75) is 115 Å². The fraction of sp³-hybridized carbons (Fsp3) is 0.467. The molecule has 4 aromatic rings. The molecule has 2 aliphatic heterocycles. The first-order valence-electron chi connectivity index (χ1n) is 21.4. The minimum atomic E-state index is -0.996. The Labute approximate surface area is 370 Å². The van der Waals surface area contributed by atoms with E-state index in [1.165, 1.54) is 0 Å². The van der Waals surface area contributed by atoms with E-state index in [-0.39, 0.29) is 60.2 Å². The number of rotatable bonds is 13. The van der Waals surface area contributed by atoms with E-state index in [2.05, 4.69) is 52.2 Å². The van der Waals surface area contributed by atoms with Crippen LogP contribution in [0.15, 0.2) is 60.8 Å². The molecular formula is C45H56N10O9. The van der Waals surface area contributed by atoms with Gasteiger partial charge in [-0.15, -0.1) is 5.10 Å². The second-order valence-corrected chi connectivity index (χ2v) is 17.7. The average Bonchev–Trinajstić information content (AvgIpc) is 3.91. The molecule has 3 fully saturated rings. The van der Waals surface area contributed by atoms with Crippen molar-refractivity contribution >= 4 is 41.9 Å². The predicted molar refractivity (Wildman–Crippen MR) is 234 cm³/mol. The molecule has 2 bridgehead atoms. The van der Waals surface area contributed by atoms with Crippen LogP contribution >= 0.6 is 0 Å². The van der Waals surface area contributed by atoms with Gasteiger partial charge in [0.1, 0.15) is 22.9 Å². The summed E-state index contributed by atoms with van der Waals surface area (Å²) in [6, 6.07) is 15.4. The lowest BCUT2D eigenvalue weighted by atomic mass is 9.81. The first-order chi connectivity index (χ1) is 30.5. The van der Waals surface area contributed by atoms with Crippen LogP contribution in [0, 0.1) is 18.8 Å². The van der Waals surface area contributed by atoms with Crippen LogP contribution in [0.3, 0.4) is 0 Å². The number of benzene rings is 2. The number of aliphatic carboxylic acids is 1. The summed E-state index contributed by atoms with van der Waals surface area (Å²) in [5.74, 6) is -1.34. The molecule has 4 atom stereocenters. The Kier molecular flexibility index (Phi) is 15.1. The topological polar surface area (TPSA) is 280 Å². The highest BCUT2D eigenvalue weighted by Crippen LogP contribution is 2.36. The summed E-state index contributed by atoms with van der Waals surface area (Å²) in [6.45, 7) is 7.58. The summed E-state index contributed by atoms with van der Waals surface area (Å²) in [7, 11) is 0. The number of amides is 4. The third kappa shape index (κ3) is 12.2. The van der Waals surface area contributed by atoms with Gasteiger partial charge in [-0.3, -0.25) is 34.3 Å². The van der Waals surface area contributed by atoms with E-state index in [1.807, 2.05) is 52.0 Å². The molecule has 1 aliphatic carbocycles. The van der Waals surface area contributed by atoms with Crippen molar-refractivity contribution in [3.8, 4) is 22.5 Å². The molecule has 7 rings (SSSR count). The number of anilines is 1. The van der Waals surface area contributed by atoms with Gasteiger partial charge in [0.25, 0.3) is 12.4 Å². The van der Waals surface area contributed by atoms with E-state index in [0.717, 1.165) is 47.1 Å². The Morgan fingerprint density at radius 2 is 1.67 bits per heavy atom. The number of H-pyrrole nitrogens is 1. The molecule has 19 heteroatoms. The van der Waals surface area contributed by atoms with Gasteiger partial charge in [-0.1, -0.05) is 24.3 Å². The Hall–Kier alpha value is -6.76. The summed E-state index contributed by atoms with van der Waals surface area (Å²) in [5, 5.41) is 45.7. The summed E-state index contributed by atoms with van der Waals surface area (Å²) in [6.07, 6.45) is 6.52. The summed E-state index contributed by atoms with van der Waals surface area (Å²) < 4.78 is 5.36. The number of carboxylic acids is 1. The van der Waals surface area contributed by atoms with Gasteiger partial charge in [-0.25, -0.2) is 9.89 Å². The second kappa shape index (κ2) is 20.6. The molecule has 4 amide bonds. The van der Waals surface area contributed by atoms with Crippen molar-refractivity contribution in [3.05, 3.63) is 77.6 Å². The molecule has 3 aliphatic rings. The zero-order valence-electron chi connectivity index (χ0n) is 36.3. The van der Waals surface area contributed by atoms with E-state index < -0.39 is 29.2 Å². The molecule has 19 nitrogen and oxygen atoms in total. The predicted octanol–water partition coefficient (Wildman–Crippen LogP) is 4.40. The SMILES string of the molecule is Cc1cc(C(=O)NC2C[C@@H]3CC[C@](C(=O)O)(C2)N3)ncc1-c1ccc(C[C@H](NC(=O)[C@H]2CC[C@H](CNC(=O)OC(C)(C)C)CC2)C(=O)Nc2ccc(-c3nnn[nH]3)cc2)cc1.O=CO. The van der Waals surface area contributed by atoms with Crippen LogP contribution in [0.1, 0.15) is 93.8 Å². The summed E-state index contributed by atoms with van der Waals surface area (Å²) >= 11 is 0. The van der Waals surface area contributed by atoms with Crippen LogP contribution in [-0.2, 0) is 30.3 Å². The number of aryl methyl sites for hydroxylation is 1. The Morgan fingerprint density at radius 1 is 0.984 bits per heavy atom. The second-order valence-electron chi connectivity index (χ2n) is 17.7. The lowest BCUT2D eigenvalue weighted by Crippen LogP contribution is -2.59. The largest absolute Gasteiger partial charge is 0.483 e. The van der Waals surface area contributed by atoms with Crippen LogP contribution in [0.2, 0.25) is 0 Å². The molecule has 2 aromatic heterocycles. The summed E-state index contributed by atoms with van der Waals surface area (Å²) in [4.78, 5) is 77.9. The smallest absolute Gasteiger partial charge is 0.407 e. The average molecular weight is 881 g/mol. The number of nitrogens with one attached hydrogen (secondary N) is 6. The van der Waals surface area contributed by atoms with Gasteiger partial charge < -0.3 is 36.2 Å². The molecule has 2 aromatic carbocycles. The molecule has 0 radical (unpaired) electrons. The molecule has 2 saturated heterocycles. The maximum absolute atomic E-state index is 13.9. The fourth-order valence-corrected chi connectivity index (χ4v) is 8.70. The number of tetrazole rings is 1. The zero-order valence-corrected chi connectivity index (χ0v) is 36.3. The van der Waals surface area contributed by atoms with Gasteiger partial charge in [-0.05, 0) is 142 Å². The number of piperidine rings is 1. The van der Waals surface area contributed by atoms with Crippen molar-refractivity contribution in [2.24, 2.45) is 11.8 Å². The number of hydrogen-bond acceptors (Lipinski definition) is 12. The van der Waals surface area contributed by atoms with Crippen molar-refractivity contribution in [3.63, 3.8) is 0 Å². The molecule has 0 spiro atoms. The summed E-state index contributed by atoms with van der Waals surface area (Å²) in [5.41, 5.74) is 3.32. The van der Waals surface area contributed by atoms with E-state index in [4.69, 9.17) is 14.6 Å². The number of carbonyl (C=O) groups is 6. The number of aromatic amines is 1. The molecule has 4 heterocycles. The van der Waals surface area contributed by atoms with Gasteiger partial charge in [0.05, 0.1) is 0 Å². The van der Waals surface area contributed by atoms with Crippen LogP contribution in [-0.4, -0.2) is 108 Å². The lowest BCUT2D eigenvalue weighted by Gasteiger charge is -2.36. The van der Waals surface area contributed by atoms with Crippen LogP contribution in [0.25, 0.3) is 22.5 Å². The first-order valence-corrected chi connectivity index (χ1v) is 21.4. The van der Waals surface area contributed by atoms with Crippen LogP contribution < -0.4 is 26.6 Å². The first kappa shape index (κ1) is 46.7. The van der Waals surface area contributed by atoms with E-state index in [0.29, 0.717) is 50.2 Å². The number of alkyl carbamates (subject to hydrolysis) is 1.